The molecule has 0 atom stereocenters. The molecule has 0 aliphatic rings. The van der Waals surface area contributed by atoms with Gasteiger partial charge in [-0.15, -0.1) is 0 Å². The molecule has 0 aliphatic heterocycles. The number of fused-ring (bicyclic) bond motifs is 1. The third kappa shape index (κ3) is 4.58. The summed E-state index contributed by atoms with van der Waals surface area (Å²) in [5.74, 6) is -0.982. The van der Waals surface area contributed by atoms with Crippen LogP contribution in [0, 0.1) is 6.92 Å². The van der Waals surface area contributed by atoms with Gasteiger partial charge in [0.05, 0.1) is 23.7 Å². The molecule has 1 amide bonds. The number of carbonyl (C=O) groups excluding carboxylic acids is 2. The van der Waals surface area contributed by atoms with E-state index in [-0.39, 0.29) is 25.1 Å². The zero-order valence-electron chi connectivity index (χ0n) is 14.8. The predicted molar refractivity (Wildman–Crippen MR) is 101 cm³/mol. The van der Waals surface area contributed by atoms with E-state index < -0.39 is 11.9 Å². The Kier molecular flexibility index (Phi) is 5.61. The Morgan fingerprint density at radius 3 is 2.67 bits per heavy atom. The highest BCUT2D eigenvalue weighted by Crippen LogP contribution is 2.11. The molecule has 0 bridgehead atoms. The number of nitrogens with one attached hydrogen (secondary N) is 1. The highest BCUT2D eigenvalue weighted by molar-refractivity contribution is 5.92. The van der Waals surface area contributed by atoms with Crippen LogP contribution in [0.1, 0.15) is 12.0 Å². The van der Waals surface area contributed by atoms with Crippen molar-refractivity contribution in [3.63, 3.8) is 0 Å². The van der Waals surface area contributed by atoms with Crippen molar-refractivity contribution in [3.8, 4) is 0 Å². The molecule has 7 nitrogen and oxygen atoms in total. The number of rotatable bonds is 6. The number of para-hydroxylation sites is 2. The van der Waals surface area contributed by atoms with Gasteiger partial charge in [0.25, 0.3) is 11.5 Å². The minimum Gasteiger partial charge on any atom is -0.456 e. The molecule has 1 N–H and O–H groups in total. The lowest BCUT2D eigenvalue weighted by molar-refractivity contribution is -0.147. The molecular weight excluding hydrogens is 346 g/mol. The number of carbonyl (C=O) groups is 2. The fraction of sp³-hybridized carbons (Fsp3) is 0.200. The molecule has 0 radical (unpaired) electrons. The van der Waals surface area contributed by atoms with E-state index in [9.17, 15) is 14.4 Å². The number of hydrogen-bond donors (Lipinski definition) is 1. The quantitative estimate of drug-likeness (QED) is 0.677. The molecule has 2 aromatic carbocycles. The van der Waals surface area contributed by atoms with Gasteiger partial charge in [-0.05, 0) is 30.7 Å². The number of aryl methyl sites for hydroxylation is 2. The number of amides is 1. The Balaban J connectivity index is 1.53. The second-order valence-corrected chi connectivity index (χ2v) is 6.04. The van der Waals surface area contributed by atoms with Crippen LogP contribution in [0.25, 0.3) is 10.9 Å². The zero-order valence-corrected chi connectivity index (χ0v) is 14.8. The molecule has 1 aromatic heterocycles. The summed E-state index contributed by atoms with van der Waals surface area (Å²) in [5.41, 5.74) is 1.99. The zero-order chi connectivity index (χ0) is 19.2. The van der Waals surface area contributed by atoms with Crippen molar-refractivity contribution < 1.29 is 14.3 Å². The molecule has 0 saturated heterocycles. The number of ether oxygens (including phenoxy) is 1. The van der Waals surface area contributed by atoms with Crippen molar-refractivity contribution in [2.24, 2.45) is 0 Å². The Labute approximate surface area is 155 Å². The van der Waals surface area contributed by atoms with E-state index in [0.717, 1.165) is 5.56 Å². The minimum absolute atomic E-state index is 0.0302. The Hall–Kier alpha value is -3.48. The standard InChI is InChI=1S/C20H19N3O4/c1-14-6-5-9-16-19(14)21-13-23(20(16)26)11-10-18(25)27-12-17(24)22-15-7-3-2-4-8-15/h2-9,13H,10-12H2,1H3,(H,22,24). The number of hydrogen-bond acceptors (Lipinski definition) is 5. The Bertz CT molecular complexity index is 1030. The van der Waals surface area contributed by atoms with Gasteiger partial charge in [0.2, 0.25) is 0 Å². The third-order valence-electron chi connectivity index (χ3n) is 4.03. The molecule has 0 aliphatic carbocycles. The fourth-order valence-corrected chi connectivity index (χ4v) is 2.65. The van der Waals surface area contributed by atoms with E-state index in [2.05, 4.69) is 10.3 Å². The number of nitrogens with zero attached hydrogens (tertiary/aromatic N) is 2. The summed E-state index contributed by atoms with van der Waals surface area (Å²) in [6.07, 6.45) is 1.39. The molecule has 3 aromatic rings. The average Bonchev–Trinajstić information content (AvgIpc) is 2.67. The van der Waals surface area contributed by atoms with Crippen LogP contribution in [0.3, 0.4) is 0 Å². The van der Waals surface area contributed by atoms with E-state index in [1.807, 2.05) is 19.1 Å². The van der Waals surface area contributed by atoms with E-state index >= 15 is 0 Å². The summed E-state index contributed by atoms with van der Waals surface area (Å²) in [7, 11) is 0. The molecule has 0 fully saturated rings. The highest BCUT2D eigenvalue weighted by Gasteiger charge is 2.10. The predicted octanol–water partition coefficient (Wildman–Crippen LogP) is 2.28. The van der Waals surface area contributed by atoms with E-state index in [0.29, 0.717) is 16.6 Å². The monoisotopic (exact) mass is 365 g/mol. The smallest absolute Gasteiger partial charge is 0.308 e. The number of aromatic nitrogens is 2. The van der Waals surface area contributed by atoms with E-state index in [1.54, 1.807) is 36.4 Å². The molecule has 0 saturated carbocycles. The Morgan fingerprint density at radius 2 is 1.89 bits per heavy atom. The fourth-order valence-electron chi connectivity index (χ4n) is 2.65. The second-order valence-electron chi connectivity index (χ2n) is 6.04. The molecule has 7 heteroatoms. The van der Waals surface area contributed by atoms with Crippen LogP contribution in [-0.2, 0) is 20.9 Å². The van der Waals surface area contributed by atoms with Crippen molar-refractivity contribution in [3.05, 3.63) is 70.8 Å². The van der Waals surface area contributed by atoms with Crippen molar-refractivity contribution >= 4 is 28.5 Å². The summed E-state index contributed by atoms with van der Waals surface area (Å²) in [4.78, 5) is 40.4. The first kappa shape index (κ1) is 18.3. The van der Waals surface area contributed by atoms with Crippen molar-refractivity contribution in [1.82, 2.24) is 9.55 Å². The normalized spacial score (nSPS) is 10.6. The molecule has 0 spiro atoms. The Morgan fingerprint density at radius 1 is 1.11 bits per heavy atom. The first-order chi connectivity index (χ1) is 13.0. The minimum atomic E-state index is -0.561. The number of anilines is 1. The van der Waals surface area contributed by atoms with Gasteiger partial charge < -0.3 is 10.1 Å². The first-order valence-electron chi connectivity index (χ1n) is 8.50. The highest BCUT2D eigenvalue weighted by atomic mass is 16.5. The van der Waals surface area contributed by atoms with Crippen LogP contribution in [-0.4, -0.2) is 28.0 Å². The molecule has 27 heavy (non-hydrogen) atoms. The molecule has 1 heterocycles. The van der Waals surface area contributed by atoms with Crippen molar-refractivity contribution in [2.75, 3.05) is 11.9 Å². The van der Waals surface area contributed by atoms with Crippen LogP contribution < -0.4 is 10.9 Å². The van der Waals surface area contributed by atoms with Gasteiger partial charge >= 0.3 is 5.97 Å². The second kappa shape index (κ2) is 8.27. The summed E-state index contributed by atoms with van der Waals surface area (Å²) >= 11 is 0. The summed E-state index contributed by atoms with van der Waals surface area (Å²) < 4.78 is 6.33. The van der Waals surface area contributed by atoms with Gasteiger partial charge in [0.1, 0.15) is 0 Å². The van der Waals surface area contributed by atoms with Crippen molar-refractivity contribution in [1.29, 1.82) is 0 Å². The van der Waals surface area contributed by atoms with Gasteiger partial charge in [0.15, 0.2) is 6.61 Å². The average molecular weight is 365 g/mol. The largest absolute Gasteiger partial charge is 0.456 e. The lowest BCUT2D eigenvalue weighted by atomic mass is 10.1. The topological polar surface area (TPSA) is 90.3 Å². The van der Waals surface area contributed by atoms with Gasteiger partial charge in [-0.3, -0.25) is 19.0 Å². The van der Waals surface area contributed by atoms with Crippen LogP contribution in [0.4, 0.5) is 5.69 Å². The number of benzene rings is 2. The van der Waals surface area contributed by atoms with Gasteiger partial charge in [-0.2, -0.15) is 0 Å². The van der Waals surface area contributed by atoms with Crippen LogP contribution in [0.15, 0.2) is 59.7 Å². The maximum Gasteiger partial charge on any atom is 0.308 e. The SMILES string of the molecule is Cc1cccc2c(=O)n(CCC(=O)OCC(=O)Nc3ccccc3)cnc12. The molecule has 0 unspecified atom stereocenters. The molecule has 3 rings (SSSR count). The van der Waals surface area contributed by atoms with Crippen LogP contribution >= 0.6 is 0 Å². The lowest BCUT2D eigenvalue weighted by Crippen LogP contribution is -2.24. The molecular formula is C20H19N3O4. The number of esters is 1. The van der Waals surface area contributed by atoms with Crippen LogP contribution in [0.2, 0.25) is 0 Å². The maximum atomic E-state index is 12.5. The lowest BCUT2D eigenvalue weighted by Gasteiger charge is -2.08. The summed E-state index contributed by atoms with van der Waals surface area (Å²) in [5, 5.41) is 3.13. The molecule has 138 valence electrons. The van der Waals surface area contributed by atoms with E-state index in [4.69, 9.17) is 4.74 Å². The van der Waals surface area contributed by atoms with Gasteiger partial charge in [-0.25, -0.2) is 4.98 Å². The van der Waals surface area contributed by atoms with Gasteiger partial charge in [-0.1, -0.05) is 30.3 Å². The van der Waals surface area contributed by atoms with E-state index in [1.165, 1.54) is 10.9 Å². The summed E-state index contributed by atoms with van der Waals surface area (Å²) in [6.45, 7) is 1.64. The van der Waals surface area contributed by atoms with Gasteiger partial charge in [0, 0.05) is 12.2 Å². The third-order valence-corrected chi connectivity index (χ3v) is 4.03. The first-order valence-corrected chi connectivity index (χ1v) is 8.50. The summed E-state index contributed by atoms with van der Waals surface area (Å²) in [6, 6.07) is 14.3. The van der Waals surface area contributed by atoms with Crippen LogP contribution in [0.5, 0.6) is 0 Å². The van der Waals surface area contributed by atoms with Crippen molar-refractivity contribution in [2.45, 2.75) is 19.9 Å². The maximum absolute atomic E-state index is 12.5.